The van der Waals surface area contributed by atoms with E-state index >= 15 is 0 Å². The Morgan fingerprint density at radius 1 is 1.23 bits per heavy atom. The minimum absolute atomic E-state index is 0.392. The highest BCUT2D eigenvalue weighted by Crippen LogP contribution is 2.47. The number of benzene rings is 1. The first-order chi connectivity index (χ1) is 6.05. The topological polar surface area (TPSA) is 38.7 Å². The van der Waals surface area contributed by atoms with Gasteiger partial charge < -0.3 is 4.84 Å². The number of alkyl halides is 3. The molecule has 0 N–H and O–H groups in total. The largest absolute Gasteiger partial charge is 0.324 e. The zero-order chi connectivity index (χ0) is 9.90. The zero-order valence-corrected chi connectivity index (χ0v) is 11.0. The van der Waals surface area contributed by atoms with Gasteiger partial charge in [0.2, 0.25) is 0 Å². The number of nitrogens with zero attached hydrogens (tertiary/aromatic N) is 1. The third-order valence-corrected chi connectivity index (χ3v) is 2.61. The van der Waals surface area contributed by atoms with Crippen LogP contribution >= 0.6 is 47.8 Å². The predicted octanol–water partition coefficient (Wildman–Crippen LogP) is 4.04. The lowest BCUT2D eigenvalue weighted by Crippen LogP contribution is -2.00. The molecule has 0 aliphatic heterocycles. The Kier molecular flexibility index (Phi) is 3.87. The molecular formula is C7H4Br3NO2. The van der Waals surface area contributed by atoms with Gasteiger partial charge in [-0.1, -0.05) is 66.0 Å². The van der Waals surface area contributed by atoms with Crippen LogP contribution < -0.4 is 4.84 Å². The zero-order valence-electron chi connectivity index (χ0n) is 6.21. The van der Waals surface area contributed by atoms with Crippen molar-refractivity contribution in [3.8, 4) is 5.75 Å². The molecule has 3 nitrogen and oxygen atoms in total. The second-order valence-electron chi connectivity index (χ2n) is 2.16. The molecule has 6 heteroatoms. The van der Waals surface area contributed by atoms with Crippen LogP contribution in [0.25, 0.3) is 0 Å². The Bertz CT molecular complexity index is 311. The van der Waals surface area contributed by atoms with Crippen molar-refractivity contribution in [3.63, 3.8) is 0 Å². The van der Waals surface area contributed by atoms with Gasteiger partial charge in [0.15, 0.2) is 13.2 Å². The Morgan fingerprint density at radius 3 is 2.38 bits per heavy atom. The third kappa shape index (κ3) is 3.03. The Hall–Kier alpha value is 0.0600. The van der Waals surface area contributed by atoms with Crippen LogP contribution in [0.15, 0.2) is 29.6 Å². The Balaban J connectivity index is 3.11. The summed E-state index contributed by atoms with van der Waals surface area (Å²) in [5, 5.41) is 2.37. The minimum Gasteiger partial charge on any atom is -0.324 e. The molecule has 0 heterocycles. The quantitative estimate of drug-likeness (QED) is 0.446. The van der Waals surface area contributed by atoms with E-state index < -0.39 is 2.14 Å². The summed E-state index contributed by atoms with van der Waals surface area (Å²) < 4.78 is -0.603. The Labute approximate surface area is 100 Å². The van der Waals surface area contributed by atoms with E-state index in [0.717, 1.165) is 5.56 Å². The maximum atomic E-state index is 9.94. The Morgan fingerprint density at radius 2 is 1.85 bits per heavy atom. The molecule has 0 fully saturated rings. The van der Waals surface area contributed by atoms with E-state index in [1.807, 2.05) is 6.07 Å². The van der Waals surface area contributed by atoms with Gasteiger partial charge in [0.25, 0.3) is 0 Å². The van der Waals surface area contributed by atoms with E-state index in [0.29, 0.717) is 5.75 Å². The van der Waals surface area contributed by atoms with E-state index in [9.17, 15) is 4.91 Å². The SMILES string of the molecule is O=NOc1ccccc1C(Br)(Br)Br. The summed E-state index contributed by atoms with van der Waals surface area (Å²) in [6, 6.07) is 7.02. The third-order valence-electron chi connectivity index (χ3n) is 1.33. The molecule has 0 aromatic heterocycles. The highest BCUT2D eigenvalue weighted by Gasteiger charge is 2.25. The molecule has 0 unspecified atom stereocenters. The smallest absolute Gasteiger partial charge is 0.167 e. The lowest BCUT2D eigenvalue weighted by atomic mass is 10.2. The van der Waals surface area contributed by atoms with Crippen molar-refractivity contribution in [2.24, 2.45) is 5.34 Å². The molecule has 0 saturated heterocycles. The van der Waals surface area contributed by atoms with Gasteiger partial charge in [-0.2, -0.15) is 0 Å². The standard InChI is InChI=1S/C7H4Br3NO2/c8-7(9,10)5-3-1-2-4-6(5)13-11-12/h1-4H. The molecule has 0 amide bonds. The first-order valence-corrected chi connectivity index (χ1v) is 5.59. The minimum atomic E-state index is -0.603. The van der Waals surface area contributed by atoms with E-state index in [2.05, 4.69) is 58.0 Å². The van der Waals surface area contributed by atoms with Gasteiger partial charge in [0.1, 0.15) is 0 Å². The average Bonchev–Trinajstić information content (AvgIpc) is 2.04. The summed E-state index contributed by atoms with van der Waals surface area (Å²) in [5.74, 6) is 0.392. The molecule has 1 rings (SSSR count). The van der Waals surface area contributed by atoms with E-state index in [1.54, 1.807) is 18.2 Å². The van der Waals surface area contributed by atoms with Crippen LogP contribution in [0.1, 0.15) is 5.56 Å². The van der Waals surface area contributed by atoms with Crippen LogP contribution in [0.4, 0.5) is 0 Å². The normalized spacial score (nSPS) is 11.0. The fraction of sp³-hybridized carbons (Fsp3) is 0.143. The molecular weight excluding hydrogens is 370 g/mol. The van der Waals surface area contributed by atoms with Crippen LogP contribution in [-0.2, 0) is 2.14 Å². The van der Waals surface area contributed by atoms with E-state index in [-0.39, 0.29) is 0 Å². The summed E-state index contributed by atoms with van der Waals surface area (Å²) in [4.78, 5) is 14.5. The van der Waals surface area contributed by atoms with Crippen LogP contribution in [0, 0.1) is 4.91 Å². The molecule has 70 valence electrons. The summed E-state index contributed by atoms with van der Waals surface area (Å²) >= 11 is 9.95. The number of hydrogen-bond donors (Lipinski definition) is 0. The van der Waals surface area contributed by atoms with Gasteiger partial charge in [0.05, 0.1) is 0 Å². The molecule has 1 aromatic carbocycles. The number of rotatable bonds is 2. The summed E-state index contributed by atoms with van der Waals surface area (Å²) in [6.45, 7) is 0. The molecule has 0 aliphatic carbocycles. The highest BCUT2D eigenvalue weighted by atomic mass is 80.0. The second kappa shape index (κ2) is 4.52. The maximum absolute atomic E-state index is 9.94. The van der Waals surface area contributed by atoms with E-state index in [4.69, 9.17) is 0 Å². The van der Waals surface area contributed by atoms with Gasteiger partial charge in [0, 0.05) is 5.56 Å². The summed E-state index contributed by atoms with van der Waals surface area (Å²) in [7, 11) is 0. The molecule has 1 aromatic rings. The molecule has 0 radical (unpaired) electrons. The van der Waals surface area contributed by atoms with Crippen LogP contribution in [-0.4, -0.2) is 0 Å². The summed E-state index contributed by atoms with van der Waals surface area (Å²) in [6.07, 6.45) is 0. The number of halogens is 3. The molecule has 0 atom stereocenters. The lowest BCUT2D eigenvalue weighted by molar-refractivity contribution is 0.332. The van der Waals surface area contributed by atoms with Crippen molar-refractivity contribution < 1.29 is 4.84 Å². The first kappa shape index (κ1) is 11.1. The average molecular weight is 374 g/mol. The predicted molar refractivity (Wildman–Crippen MR) is 61.3 cm³/mol. The first-order valence-electron chi connectivity index (χ1n) is 3.21. The lowest BCUT2D eigenvalue weighted by Gasteiger charge is -2.14. The fourth-order valence-corrected chi connectivity index (χ4v) is 1.80. The number of para-hydroxylation sites is 1. The molecule has 0 saturated carbocycles. The van der Waals surface area contributed by atoms with Crippen molar-refractivity contribution in [2.45, 2.75) is 2.14 Å². The molecule has 0 aliphatic rings. The van der Waals surface area contributed by atoms with Crippen LogP contribution in [0.3, 0.4) is 0 Å². The maximum Gasteiger partial charge on any atom is 0.167 e. The van der Waals surface area contributed by atoms with Crippen molar-refractivity contribution in [1.82, 2.24) is 0 Å². The van der Waals surface area contributed by atoms with Crippen molar-refractivity contribution in [2.75, 3.05) is 0 Å². The van der Waals surface area contributed by atoms with Gasteiger partial charge in [-0.15, -0.1) is 4.91 Å². The van der Waals surface area contributed by atoms with Gasteiger partial charge >= 0.3 is 0 Å². The van der Waals surface area contributed by atoms with Crippen molar-refractivity contribution >= 4 is 47.8 Å². The monoisotopic (exact) mass is 371 g/mol. The van der Waals surface area contributed by atoms with Crippen molar-refractivity contribution in [1.29, 1.82) is 0 Å². The molecule has 0 spiro atoms. The van der Waals surface area contributed by atoms with Crippen LogP contribution in [0.2, 0.25) is 0 Å². The van der Waals surface area contributed by atoms with Gasteiger partial charge in [-0.05, 0) is 6.07 Å². The molecule has 0 bridgehead atoms. The molecule has 13 heavy (non-hydrogen) atoms. The fourth-order valence-electron chi connectivity index (χ4n) is 0.821. The summed E-state index contributed by atoms with van der Waals surface area (Å²) in [5.41, 5.74) is 0.731. The van der Waals surface area contributed by atoms with Crippen molar-refractivity contribution in [3.05, 3.63) is 34.7 Å². The van der Waals surface area contributed by atoms with Gasteiger partial charge in [-0.25, -0.2) is 0 Å². The second-order valence-corrected chi connectivity index (χ2v) is 8.92. The van der Waals surface area contributed by atoms with Gasteiger partial charge in [-0.3, -0.25) is 0 Å². The van der Waals surface area contributed by atoms with E-state index in [1.165, 1.54) is 0 Å². The highest BCUT2D eigenvalue weighted by molar-refractivity contribution is 9.38. The van der Waals surface area contributed by atoms with Crippen LogP contribution in [0.5, 0.6) is 5.75 Å². The number of hydrogen-bond acceptors (Lipinski definition) is 3.